The fraction of sp³-hybridized carbons (Fsp3) is 0.259. The third kappa shape index (κ3) is 5.67. The largest absolute Gasteiger partial charge is 0.325 e. The minimum Gasteiger partial charge on any atom is -0.325 e. The quantitative estimate of drug-likeness (QED) is 0.461. The van der Waals surface area contributed by atoms with E-state index in [2.05, 4.69) is 14.9 Å². The minimum atomic E-state index is -3.72. The molecule has 182 valence electrons. The van der Waals surface area contributed by atoms with Crippen molar-refractivity contribution in [2.75, 3.05) is 19.4 Å². The summed E-state index contributed by atoms with van der Waals surface area (Å²) in [4.78, 5) is 20.3. The van der Waals surface area contributed by atoms with Crippen molar-refractivity contribution in [3.05, 3.63) is 89.5 Å². The summed E-state index contributed by atoms with van der Waals surface area (Å²) in [5.74, 6) is -0.985. The van der Waals surface area contributed by atoms with E-state index in [0.29, 0.717) is 17.0 Å². The van der Waals surface area contributed by atoms with Crippen LogP contribution in [0.1, 0.15) is 36.5 Å². The maximum absolute atomic E-state index is 13.2. The van der Waals surface area contributed by atoms with Crippen LogP contribution in [0.4, 0.5) is 11.4 Å². The summed E-state index contributed by atoms with van der Waals surface area (Å²) in [5, 5.41) is 2.89. The predicted molar refractivity (Wildman–Crippen MR) is 140 cm³/mol. The summed E-state index contributed by atoms with van der Waals surface area (Å²) in [7, 11) is 0.311. The number of hydrogen-bond acceptors (Lipinski definition) is 5. The van der Waals surface area contributed by atoms with Gasteiger partial charge in [-0.2, -0.15) is 0 Å². The molecule has 0 saturated carbocycles. The minimum absolute atomic E-state index is 0.118. The van der Waals surface area contributed by atoms with E-state index in [-0.39, 0.29) is 16.8 Å². The Kier molecular flexibility index (Phi) is 7.16. The first kappa shape index (κ1) is 24.8. The van der Waals surface area contributed by atoms with E-state index in [4.69, 9.17) is 4.99 Å². The van der Waals surface area contributed by atoms with Gasteiger partial charge in [-0.3, -0.25) is 9.79 Å². The number of amides is 1. The Morgan fingerprint density at radius 3 is 2.34 bits per heavy atom. The monoisotopic (exact) mass is 490 g/mol. The number of carbonyl (C=O) groups is 1. The number of fused-ring (bicyclic) bond motifs is 1. The van der Waals surface area contributed by atoms with Gasteiger partial charge >= 0.3 is 0 Å². The highest BCUT2D eigenvalue weighted by Crippen LogP contribution is 2.37. The van der Waals surface area contributed by atoms with Crippen LogP contribution in [0, 0.1) is 0 Å². The van der Waals surface area contributed by atoms with E-state index >= 15 is 0 Å². The molecule has 0 aromatic heterocycles. The number of rotatable bonds is 8. The molecule has 0 bridgehead atoms. The van der Waals surface area contributed by atoms with E-state index in [9.17, 15) is 13.2 Å². The van der Waals surface area contributed by atoms with Crippen molar-refractivity contribution in [1.82, 2.24) is 9.62 Å². The Labute approximate surface area is 207 Å². The number of anilines is 1. The molecule has 0 spiro atoms. The summed E-state index contributed by atoms with van der Waals surface area (Å²) in [6, 6.07) is 21.9. The van der Waals surface area contributed by atoms with Crippen LogP contribution in [0.25, 0.3) is 0 Å². The molecule has 0 radical (unpaired) electrons. The van der Waals surface area contributed by atoms with Gasteiger partial charge in [-0.1, -0.05) is 42.5 Å². The van der Waals surface area contributed by atoms with E-state index in [1.165, 1.54) is 6.07 Å². The maximum Gasteiger partial charge on any atom is 0.240 e. The lowest BCUT2D eigenvalue weighted by molar-refractivity contribution is -0.115. The second-order valence-electron chi connectivity index (χ2n) is 9.21. The molecule has 1 heterocycles. The van der Waals surface area contributed by atoms with Crippen molar-refractivity contribution in [1.29, 1.82) is 0 Å². The molecule has 7 nitrogen and oxygen atoms in total. The van der Waals surface area contributed by atoms with Gasteiger partial charge in [0.05, 0.1) is 16.3 Å². The van der Waals surface area contributed by atoms with Gasteiger partial charge in [0, 0.05) is 18.3 Å². The van der Waals surface area contributed by atoms with Gasteiger partial charge in [0.2, 0.25) is 15.9 Å². The number of hydrogen-bond donors (Lipinski definition) is 2. The molecule has 8 heteroatoms. The Bertz CT molecular complexity index is 1350. The molecule has 1 amide bonds. The van der Waals surface area contributed by atoms with Crippen LogP contribution >= 0.6 is 0 Å². The number of sulfonamides is 1. The van der Waals surface area contributed by atoms with Gasteiger partial charge in [0.25, 0.3) is 0 Å². The van der Waals surface area contributed by atoms with Gasteiger partial charge in [0.15, 0.2) is 0 Å². The molecule has 0 fully saturated rings. The summed E-state index contributed by atoms with van der Waals surface area (Å²) in [5.41, 5.74) is 4.42. The van der Waals surface area contributed by atoms with Crippen LogP contribution in [0.3, 0.4) is 0 Å². The number of nitrogens with one attached hydrogen (secondary N) is 2. The normalized spacial score (nSPS) is 16.0. The van der Waals surface area contributed by atoms with Gasteiger partial charge in [0.1, 0.15) is 5.92 Å². The summed E-state index contributed by atoms with van der Waals surface area (Å²) >= 11 is 0. The lowest BCUT2D eigenvalue weighted by Crippen LogP contribution is -2.30. The van der Waals surface area contributed by atoms with Crippen molar-refractivity contribution in [2.45, 2.75) is 37.2 Å². The van der Waals surface area contributed by atoms with E-state index < -0.39 is 15.9 Å². The molecule has 35 heavy (non-hydrogen) atoms. The van der Waals surface area contributed by atoms with Crippen molar-refractivity contribution in [3.8, 4) is 0 Å². The maximum atomic E-state index is 13.2. The van der Waals surface area contributed by atoms with Gasteiger partial charge in [-0.15, -0.1) is 0 Å². The van der Waals surface area contributed by atoms with Crippen LogP contribution in [0.15, 0.2) is 82.7 Å². The average Bonchev–Trinajstić information content (AvgIpc) is 3.13. The molecule has 1 unspecified atom stereocenters. The topological polar surface area (TPSA) is 90.9 Å². The first-order valence-electron chi connectivity index (χ1n) is 11.5. The SMILES string of the molecule is CC(C)NS(=O)(=O)c1ccc2c(c1)C(C(=Nc1ccc(CN(C)C)cc1)c1ccccc1)C(=O)N2. The first-order valence-corrected chi connectivity index (χ1v) is 13.0. The van der Waals surface area contributed by atoms with Gasteiger partial charge in [-0.25, -0.2) is 13.1 Å². The molecule has 4 rings (SSSR count). The van der Waals surface area contributed by atoms with Crippen molar-refractivity contribution in [3.63, 3.8) is 0 Å². The van der Waals surface area contributed by atoms with Crippen molar-refractivity contribution >= 4 is 33.0 Å². The van der Waals surface area contributed by atoms with Crippen LogP contribution < -0.4 is 10.0 Å². The smallest absolute Gasteiger partial charge is 0.240 e. The molecule has 1 aliphatic heterocycles. The highest BCUT2D eigenvalue weighted by atomic mass is 32.2. The predicted octanol–water partition coefficient (Wildman–Crippen LogP) is 4.29. The molecular formula is C27H30N4O3S. The Morgan fingerprint density at radius 1 is 1.03 bits per heavy atom. The van der Waals surface area contributed by atoms with Crippen LogP contribution in [0.2, 0.25) is 0 Å². The van der Waals surface area contributed by atoms with Crippen LogP contribution in [-0.4, -0.2) is 45.1 Å². The standard InChI is InChI=1S/C27H30N4O3S/c1-18(2)30-35(33,34)22-14-15-24-23(16-22)25(27(32)29-24)26(20-8-6-5-7-9-20)28-21-12-10-19(11-13-21)17-31(3)4/h5-16,18,25,30H,17H2,1-4H3,(H,29,32). The molecule has 1 aliphatic rings. The fourth-order valence-electron chi connectivity index (χ4n) is 4.14. The highest BCUT2D eigenvalue weighted by molar-refractivity contribution is 7.89. The zero-order valence-corrected chi connectivity index (χ0v) is 21.1. The third-order valence-electron chi connectivity index (χ3n) is 5.58. The second kappa shape index (κ2) is 10.1. The zero-order valence-electron chi connectivity index (χ0n) is 20.3. The number of aliphatic imine (C=N–C) groups is 1. The van der Waals surface area contributed by atoms with Crippen LogP contribution in [-0.2, 0) is 21.4 Å². The Balaban J connectivity index is 1.80. The number of nitrogens with zero attached hydrogens (tertiary/aromatic N) is 2. The second-order valence-corrected chi connectivity index (χ2v) is 10.9. The molecule has 1 atom stereocenters. The molecule has 0 saturated heterocycles. The van der Waals surface area contributed by atoms with Crippen molar-refractivity contribution < 1.29 is 13.2 Å². The van der Waals surface area contributed by atoms with Crippen molar-refractivity contribution in [2.24, 2.45) is 4.99 Å². The summed E-state index contributed by atoms with van der Waals surface area (Å²) in [6.45, 7) is 4.35. The summed E-state index contributed by atoms with van der Waals surface area (Å²) < 4.78 is 28.2. The Hall–Kier alpha value is -3.33. The molecule has 2 N–H and O–H groups in total. The summed E-state index contributed by atoms with van der Waals surface area (Å²) in [6.07, 6.45) is 0. The first-order chi connectivity index (χ1) is 16.6. The van der Waals surface area contributed by atoms with E-state index in [0.717, 1.165) is 23.4 Å². The third-order valence-corrected chi connectivity index (χ3v) is 7.24. The zero-order chi connectivity index (χ0) is 25.2. The van der Waals surface area contributed by atoms with Crippen LogP contribution in [0.5, 0.6) is 0 Å². The number of carbonyl (C=O) groups excluding carboxylic acids is 1. The average molecular weight is 491 g/mol. The highest BCUT2D eigenvalue weighted by Gasteiger charge is 2.36. The van der Waals surface area contributed by atoms with Gasteiger partial charge < -0.3 is 10.2 Å². The molecule has 3 aromatic carbocycles. The van der Waals surface area contributed by atoms with E-state index in [1.54, 1.807) is 26.0 Å². The molecule has 0 aliphatic carbocycles. The molecule has 3 aromatic rings. The van der Waals surface area contributed by atoms with Gasteiger partial charge in [-0.05, 0) is 75.0 Å². The molecular weight excluding hydrogens is 460 g/mol. The fourth-order valence-corrected chi connectivity index (χ4v) is 5.43. The Morgan fingerprint density at radius 2 is 1.71 bits per heavy atom. The number of benzene rings is 3. The lowest BCUT2D eigenvalue weighted by atomic mass is 9.90. The lowest BCUT2D eigenvalue weighted by Gasteiger charge is -2.16. The van der Waals surface area contributed by atoms with E-state index in [1.807, 2.05) is 68.7 Å².